The van der Waals surface area contributed by atoms with E-state index < -0.39 is 0 Å². The largest absolute Gasteiger partial charge is 0.385 e. The number of fused-ring (bicyclic) bond motifs is 3. The minimum Gasteiger partial charge on any atom is -0.385 e. The van der Waals surface area contributed by atoms with E-state index in [2.05, 4.69) is 9.55 Å². The van der Waals surface area contributed by atoms with E-state index in [9.17, 15) is 9.59 Å². The number of rotatable bonds is 5. The molecule has 9 heteroatoms. The van der Waals surface area contributed by atoms with Gasteiger partial charge in [0.15, 0.2) is 11.2 Å². The average molecular weight is 373 g/mol. The third-order valence-electron chi connectivity index (χ3n) is 4.56. The summed E-state index contributed by atoms with van der Waals surface area (Å²) in [5, 5.41) is 2.02. The second kappa shape index (κ2) is 6.26. The highest BCUT2D eigenvalue weighted by atomic mass is 32.1. The molecule has 0 amide bonds. The van der Waals surface area contributed by atoms with Gasteiger partial charge in [0.2, 0.25) is 5.78 Å². The molecule has 0 aromatic carbocycles. The number of aryl methyl sites for hydroxylation is 2. The van der Waals surface area contributed by atoms with Crippen molar-refractivity contribution in [3.63, 3.8) is 0 Å². The number of thiophene rings is 1. The summed E-state index contributed by atoms with van der Waals surface area (Å²) in [5.41, 5.74) is 1.07. The molecule has 0 unspecified atom stereocenters. The van der Waals surface area contributed by atoms with Crippen LogP contribution in [0.4, 0.5) is 0 Å². The third kappa shape index (κ3) is 2.35. The van der Waals surface area contributed by atoms with Gasteiger partial charge in [-0.05, 0) is 17.9 Å². The van der Waals surface area contributed by atoms with Crippen LogP contribution in [0.3, 0.4) is 0 Å². The van der Waals surface area contributed by atoms with Crippen LogP contribution < -0.4 is 11.2 Å². The van der Waals surface area contributed by atoms with E-state index in [1.165, 1.54) is 11.6 Å². The van der Waals surface area contributed by atoms with Gasteiger partial charge >= 0.3 is 5.69 Å². The van der Waals surface area contributed by atoms with Crippen LogP contribution in [0.25, 0.3) is 27.5 Å². The normalized spacial score (nSPS) is 11.8. The van der Waals surface area contributed by atoms with Crippen molar-refractivity contribution in [3.8, 4) is 10.6 Å². The molecular formula is C17H19N5O3S. The summed E-state index contributed by atoms with van der Waals surface area (Å²) < 4.78 is 11.6. The van der Waals surface area contributed by atoms with Gasteiger partial charge in [-0.3, -0.25) is 18.3 Å². The lowest BCUT2D eigenvalue weighted by atomic mass is 10.3. The zero-order valence-electron chi connectivity index (χ0n) is 14.8. The SMILES string of the molecule is COCCCn1c(-c2cccs2)cn2c3c(=O)n(C)c(=O)n(C)c3nc12. The zero-order valence-corrected chi connectivity index (χ0v) is 15.6. The van der Waals surface area contributed by atoms with Gasteiger partial charge in [0.05, 0.1) is 10.6 Å². The molecule has 0 N–H and O–H groups in total. The van der Waals surface area contributed by atoms with E-state index >= 15 is 0 Å². The maximum absolute atomic E-state index is 12.7. The molecular weight excluding hydrogens is 354 g/mol. The van der Waals surface area contributed by atoms with Crippen molar-refractivity contribution in [2.75, 3.05) is 13.7 Å². The van der Waals surface area contributed by atoms with Crippen molar-refractivity contribution in [2.45, 2.75) is 13.0 Å². The van der Waals surface area contributed by atoms with E-state index in [0.29, 0.717) is 30.1 Å². The van der Waals surface area contributed by atoms with Crippen LogP contribution in [0.2, 0.25) is 0 Å². The van der Waals surface area contributed by atoms with E-state index in [1.54, 1.807) is 29.9 Å². The number of aromatic nitrogens is 5. The molecule has 0 saturated carbocycles. The number of imidazole rings is 2. The Morgan fingerprint density at radius 1 is 1.23 bits per heavy atom. The van der Waals surface area contributed by atoms with E-state index in [4.69, 9.17) is 4.74 Å². The third-order valence-corrected chi connectivity index (χ3v) is 5.45. The summed E-state index contributed by atoms with van der Waals surface area (Å²) in [4.78, 5) is 30.6. The maximum Gasteiger partial charge on any atom is 0.332 e. The van der Waals surface area contributed by atoms with Gasteiger partial charge in [-0.25, -0.2) is 4.79 Å². The molecule has 0 aliphatic carbocycles. The Hall–Kier alpha value is -2.65. The molecule has 0 aliphatic heterocycles. The molecule has 0 aliphatic rings. The van der Waals surface area contributed by atoms with Gasteiger partial charge in [-0.1, -0.05) is 6.07 Å². The zero-order chi connectivity index (χ0) is 18.4. The summed E-state index contributed by atoms with van der Waals surface area (Å²) >= 11 is 1.63. The van der Waals surface area contributed by atoms with Crippen LogP contribution in [0.15, 0.2) is 33.3 Å². The van der Waals surface area contributed by atoms with Gasteiger partial charge in [0.25, 0.3) is 5.56 Å². The Balaban J connectivity index is 2.06. The first-order valence-corrected chi connectivity index (χ1v) is 9.12. The van der Waals surface area contributed by atoms with Gasteiger partial charge in [0, 0.05) is 40.6 Å². The highest BCUT2D eigenvalue weighted by Gasteiger charge is 2.20. The topological polar surface area (TPSA) is 75.5 Å². The second-order valence-electron chi connectivity index (χ2n) is 6.15. The molecule has 0 radical (unpaired) electrons. The predicted molar refractivity (Wildman–Crippen MR) is 101 cm³/mol. The van der Waals surface area contributed by atoms with E-state index in [1.807, 2.05) is 23.7 Å². The number of methoxy groups -OCH3 is 1. The Kier molecular flexibility index (Phi) is 4.04. The number of hydrogen-bond donors (Lipinski definition) is 0. The van der Waals surface area contributed by atoms with Crippen LogP contribution in [-0.4, -0.2) is 36.8 Å². The number of ether oxygens (including phenoxy) is 1. The minimum atomic E-state index is -0.382. The predicted octanol–water partition coefficient (Wildman–Crippen LogP) is 1.45. The fourth-order valence-corrected chi connectivity index (χ4v) is 3.97. The average Bonchev–Trinajstić information content (AvgIpc) is 3.34. The second-order valence-corrected chi connectivity index (χ2v) is 7.10. The minimum absolute atomic E-state index is 0.345. The van der Waals surface area contributed by atoms with Crippen LogP contribution in [0.1, 0.15) is 6.42 Å². The standard InChI is InChI=1S/C17H19N5O3S/c1-19-14-13(15(23)20(2)17(19)24)22-10-11(12-6-4-9-26-12)21(16(22)18-14)7-5-8-25-3/h4,6,9-10H,5,7-8H2,1-3H3. The molecule has 0 bridgehead atoms. The van der Waals surface area contributed by atoms with Crippen LogP contribution in [0.5, 0.6) is 0 Å². The van der Waals surface area contributed by atoms with Gasteiger partial charge in [-0.2, -0.15) is 4.98 Å². The monoisotopic (exact) mass is 373 g/mol. The summed E-state index contributed by atoms with van der Waals surface area (Å²) in [7, 11) is 4.79. The van der Waals surface area contributed by atoms with Crippen molar-refractivity contribution >= 4 is 28.3 Å². The molecule has 4 heterocycles. The molecule has 0 atom stereocenters. The lowest BCUT2D eigenvalue weighted by molar-refractivity contribution is 0.191. The quantitative estimate of drug-likeness (QED) is 0.496. The molecule has 0 fully saturated rings. The summed E-state index contributed by atoms with van der Waals surface area (Å²) in [6, 6.07) is 4.04. The van der Waals surface area contributed by atoms with Crippen molar-refractivity contribution in [1.29, 1.82) is 0 Å². The summed E-state index contributed by atoms with van der Waals surface area (Å²) in [6.07, 6.45) is 2.74. The number of nitrogens with zero attached hydrogens (tertiary/aromatic N) is 5. The smallest absolute Gasteiger partial charge is 0.332 e. The molecule has 136 valence electrons. The lowest BCUT2D eigenvalue weighted by Gasteiger charge is -2.07. The Labute approximate surface area is 152 Å². The van der Waals surface area contributed by atoms with E-state index in [-0.39, 0.29) is 11.2 Å². The van der Waals surface area contributed by atoms with Gasteiger partial charge in [-0.15, -0.1) is 11.3 Å². The first kappa shape index (κ1) is 16.8. The highest BCUT2D eigenvalue weighted by Crippen LogP contribution is 2.28. The van der Waals surface area contributed by atoms with Crippen LogP contribution in [0, 0.1) is 0 Å². The Morgan fingerprint density at radius 2 is 2.04 bits per heavy atom. The highest BCUT2D eigenvalue weighted by molar-refractivity contribution is 7.13. The molecule has 4 aromatic rings. The molecule has 4 aromatic heterocycles. The van der Waals surface area contributed by atoms with Gasteiger partial charge < -0.3 is 9.30 Å². The fraction of sp³-hybridized carbons (Fsp3) is 0.353. The first-order chi connectivity index (χ1) is 12.5. The van der Waals surface area contributed by atoms with Crippen LogP contribution in [-0.2, 0) is 25.4 Å². The molecule has 0 spiro atoms. The fourth-order valence-electron chi connectivity index (χ4n) is 3.22. The number of hydrogen-bond acceptors (Lipinski definition) is 5. The van der Waals surface area contributed by atoms with E-state index in [0.717, 1.165) is 21.6 Å². The lowest BCUT2D eigenvalue weighted by Crippen LogP contribution is -2.37. The van der Waals surface area contributed by atoms with Crippen molar-refractivity contribution in [1.82, 2.24) is 23.1 Å². The maximum atomic E-state index is 12.7. The molecule has 26 heavy (non-hydrogen) atoms. The Bertz CT molecular complexity index is 1210. The van der Waals surface area contributed by atoms with Crippen molar-refractivity contribution < 1.29 is 4.74 Å². The summed E-state index contributed by atoms with van der Waals surface area (Å²) in [6.45, 7) is 1.34. The summed E-state index contributed by atoms with van der Waals surface area (Å²) in [5.74, 6) is 0.651. The van der Waals surface area contributed by atoms with Gasteiger partial charge in [0.1, 0.15) is 0 Å². The molecule has 4 rings (SSSR count). The Morgan fingerprint density at radius 3 is 2.73 bits per heavy atom. The van der Waals surface area contributed by atoms with Crippen LogP contribution >= 0.6 is 11.3 Å². The van der Waals surface area contributed by atoms with Crippen molar-refractivity contribution in [2.24, 2.45) is 14.1 Å². The molecule has 0 saturated heterocycles. The first-order valence-electron chi connectivity index (χ1n) is 8.24. The van der Waals surface area contributed by atoms with Crippen molar-refractivity contribution in [3.05, 3.63) is 44.5 Å². The molecule has 8 nitrogen and oxygen atoms in total.